The molecule has 2 aromatic carbocycles. The molecule has 5 nitrogen and oxygen atoms in total. The van der Waals surface area contributed by atoms with Gasteiger partial charge in [-0.25, -0.2) is 8.42 Å². The summed E-state index contributed by atoms with van der Waals surface area (Å²) in [4.78, 5) is 12.7. The van der Waals surface area contributed by atoms with Gasteiger partial charge in [-0.3, -0.25) is 9.52 Å². The van der Waals surface area contributed by atoms with Crippen molar-refractivity contribution in [3.8, 4) is 0 Å². The average molecular weight is 429 g/mol. The van der Waals surface area contributed by atoms with Crippen LogP contribution >= 0.6 is 11.3 Å². The van der Waals surface area contributed by atoms with E-state index in [1.54, 1.807) is 41.8 Å². The summed E-state index contributed by atoms with van der Waals surface area (Å²) in [5.74, 6) is -0.190. The van der Waals surface area contributed by atoms with Gasteiger partial charge in [0, 0.05) is 11.3 Å². The lowest BCUT2D eigenvalue weighted by Gasteiger charge is -2.20. The van der Waals surface area contributed by atoms with Crippen LogP contribution in [-0.2, 0) is 10.0 Å². The normalized spacial score (nSPS) is 12.4. The molecule has 1 aromatic heterocycles. The lowest BCUT2D eigenvalue weighted by atomic mass is 9.97. The molecule has 0 saturated heterocycles. The van der Waals surface area contributed by atoms with E-state index in [1.807, 2.05) is 26.8 Å². The van der Waals surface area contributed by atoms with E-state index in [0.717, 1.165) is 28.9 Å². The first-order valence-corrected chi connectivity index (χ1v) is 11.7. The van der Waals surface area contributed by atoms with Crippen LogP contribution in [0.3, 0.4) is 0 Å². The third kappa shape index (κ3) is 5.05. The Morgan fingerprint density at radius 3 is 2.38 bits per heavy atom. The third-order valence-electron chi connectivity index (χ3n) is 4.67. The number of rotatable bonds is 7. The number of benzene rings is 2. The molecule has 0 aliphatic carbocycles. The van der Waals surface area contributed by atoms with Crippen LogP contribution in [-0.4, -0.2) is 14.3 Å². The van der Waals surface area contributed by atoms with Gasteiger partial charge >= 0.3 is 0 Å². The number of amides is 1. The van der Waals surface area contributed by atoms with Crippen LogP contribution in [0.5, 0.6) is 0 Å². The molecular formula is C22H24N2O3S2. The summed E-state index contributed by atoms with van der Waals surface area (Å²) in [6.07, 6.45) is 0.772. The summed E-state index contributed by atoms with van der Waals surface area (Å²) in [6.45, 7) is 6.13. The van der Waals surface area contributed by atoms with Gasteiger partial charge in [0.25, 0.3) is 15.9 Å². The Morgan fingerprint density at radius 1 is 1.07 bits per heavy atom. The molecule has 2 N–H and O–H groups in total. The molecule has 0 fully saturated rings. The number of hydrogen-bond acceptors (Lipinski definition) is 4. The zero-order chi connectivity index (χ0) is 21.0. The molecule has 7 heteroatoms. The van der Waals surface area contributed by atoms with Crippen LogP contribution in [0.2, 0.25) is 0 Å². The Hall–Kier alpha value is -2.64. The molecule has 152 valence electrons. The maximum Gasteiger partial charge on any atom is 0.271 e. The van der Waals surface area contributed by atoms with Crippen molar-refractivity contribution in [1.82, 2.24) is 5.32 Å². The number of nitrogens with one attached hydrogen (secondary N) is 2. The molecule has 3 aromatic rings. The number of sulfonamides is 1. The Bertz CT molecular complexity index is 1090. The zero-order valence-electron chi connectivity index (χ0n) is 16.6. The fourth-order valence-corrected chi connectivity index (χ4v) is 5.22. The number of carbonyl (C=O) groups excluding carboxylic acids is 1. The minimum atomic E-state index is -3.60. The van der Waals surface area contributed by atoms with Gasteiger partial charge < -0.3 is 5.32 Å². The van der Waals surface area contributed by atoms with Gasteiger partial charge in [-0.2, -0.15) is 0 Å². The number of thiophene rings is 1. The first kappa shape index (κ1) is 21.1. The maximum absolute atomic E-state index is 12.7. The lowest BCUT2D eigenvalue weighted by molar-refractivity contribution is 0.0935. The molecule has 0 aliphatic rings. The first-order valence-electron chi connectivity index (χ1n) is 9.34. The molecule has 1 unspecified atom stereocenters. The van der Waals surface area contributed by atoms with E-state index >= 15 is 0 Å². The fraction of sp³-hybridized carbons (Fsp3) is 0.227. The summed E-state index contributed by atoms with van der Waals surface area (Å²) in [7, 11) is -3.60. The van der Waals surface area contributed by atoms with Gasteiger partial charge in [0.05, 0.1) is 6.04 Å². The van der Waals surface area contributed by atoms with Crippen molar-refractivity contribution in [2.75, 3.05) is 4.72 Å². The quantitative estimate of drug-likeness (QED) is 0.553. The van der Waals surface area contributed by atoms with E-state index in [-0.39, 0.29) is 16.2 Å². The Labute approximate surface area is 175 Å². The summed E-state index contributed by atoms with van der Waals surface area (Å²) >= 11 is 1.15. The van der Waals surface area contributed by atoms with E-state index in [2.05, 4.69) is 22.2 Å². The molecule has 1 amide bonds. The van der Waals surface area contributed by atoms with E-state index in [0.29, 0.717) is 11.3 Å². The van der Waals surface area contributed by atoms with E-state index in [9.17, 15) is 13.2 Å². The number of aryl methyl sites for hydroxylation is 2. The van der Waals surface area contributed by atoms with Crippen molar-refractivity contribution in [1.29, 1.82) is 0 Å². The molecule has 0 bridgehead atoms. The summed E-state index contributed by atoms with van der Waals surface area (Å²) in [5, 5.41) is 4.78. The van der Waals surface area contributed by atoms with Crippen molar-refractivity contribution in [2.45, 2.75) is 37.4 Å². The second-order valence-electron chi connectivity index (χ2n) is 6.91. The molecule has 0 radical (unpaired) electrons. The highest BCUT2D eigenvalue weighted by atomic mass is 32.2. The Kier molecular flexibility index (Phi) is 6.39. The second-order valence-corrected chi connectivity index (χ2v) is 9.77. The van der Waals surface area contributed by atoms with Gasteiger partial charge in [-0.15, -0.1) is 11.3 Å². The largest absolute Gasteiger partial charge is 0.345 e. The van der Waals surface area contributed by atoms with E-state index in [1.165, 1.54) is 5.56 Å². The van der Waals surface area contributed by atoms with Crippen molar-refractivity contribution >= 4 is 33.0 Å². The van der Waals surface area contributed by atoms with Gasteiger partial charge in [-0.1, -0.05) is 36.8 Å². The topological polar surface area (TPSA) is 75.3 Å². The van der Waals surface area contributed by atoms with Gasteiger partial charge in [0.2, 0.25) is 0 Å². The molecule has 0 spiro atoms. The first-order chi connectivity index (χ1) is 13.8. The third-order valence-corrected chi connectivity index (χ3v) is 7.45. The van der Waals surface area contributed by atoms with Crippen molar-refractivity contribution in [3.63, 3.8) is 0 Å². The highest BCUT2D eigenvalue weighted by Gasteiger charge is 2.17. The van der Waals surface area contributed by atoms with Gasteiger partial charge in [0.1, 0.15) is 4.21 Å². The standard InChI is InChI=1S/C22H24N2O3S2/c1-4-20(19-12-7-15(2)14-16(19)3)23-22(25)17-8-10-18(11-9-17)24-29(26,27)21-6-5-13-28-21/h5-14,20,24H,4H2,1-3H3,(H,23,25). The molecule has 0 aliphatic heterocycles. The second kappa shape index (κ2) is 8.80. The molecule has 29 heavy (non-hydrogen) atoms. The molecular weight excluding hydrogens is 404 g/mol. The SMILES string of the molecule is CCC(NC(=O)c1ccc(NS(=O)(=O)c2cccs2)cc1)c1ccc(C)cc1C. The highest BCUT2D eigenvalue weighted by molar-refractivity contribution is 7.94. The number of hydrogen-bond donors (Lipinski definition) is 2. The number of carbonyl (C=O) groups is 1. The number of anilines is 1. The van der Waals surface area contributed by atoms with Crippen LogP contribution < -0.4 is 10.0 Å². The Balaban J connectivity index is 1.71. The van der Waals surface area contributed by atoms with Gasteiger partial charge in [0.15, 0.2) is 0 Å². The van der Waals surface area contributed by atoms with Gasteiger partial charge in [-0.05, 0) is 67.1 Å². The maximum atomic E-state index is 12.7. The van der Waals surface area contributed by atoms with Crippen molar-refractivity contribution in [3.05, 3.63) is 82.2 Å². The smallest absolute Gasteiger partial charge is 0.271 e. The highest BCUT2D eigenvalue weighted by Crippen LogP contribution is 2.23. The van der Waals surface area contributed by atoms with Crippen LogP contribution in [0.4, 0.5) is 5.69 Å². The van der Waals surface area contributed by atoms with E-state index in [4.69, 9.17) is 0 Å². The van der Waals surface area contributed by atoms with Crippen LogP contribution in [0.1, 0.15) is 46.4 Å². The van der Waals surface area contributed by atoms with Crippen LogP contribution in [0, 0.1) is 13.8 Å². The zero-order valence-corrected chi connectivity index (χ0v) is 18.2. The fourth-order valence-electron chi connectivity index (χ4n) is 3.17. The predicted octanol–water partition coefficient (Wildman–Crippen LogP) is 5.05. The summed E-state index contributed by atoms with van der Waals surface area (Å²) in [5.41, 5.74) is 4.33. The molecule has 3 rings (SSSR count). The minimum Gasteiger partial charge on any atom is -0.345 e. The lowest BCUT2D eigenvalue weighted by Crippen LogP contribution is -2.28. The van der Waals surface area contributed by atoms with Crippen molar-refractivity contribution < 1.29 is 13.2 Å². The summed E-state index contributed by atoms with van der Waals surface area (Å²) in [6, 6.07) is 15.8. The molecule has 1 heterocycles. The van der Waals surface area contributed by atoms with Crippen molar-refractivity contribution in [2.24, 2.45) is 0 Å². The summed E-state index contributed by atoms with van der Waals surface area (Å²) < 4.78 is 27.4. The monoisotopic (exact) mass is 428 g/mol. The average Bonchev–Trinajstić information content (AvgIpc) is 3.22. The van der Waals surface area contributed by atoms with Crippen LogP contribution in [0.25, 0.3) is 0 Å². The van der Waals surface area contributed by atoms with Crippen LogP contribution in [0.15, 0.2) is 64.2 Å². The molecule has 0 saturated carbocycles. The minimum absolute atomic E-state index is 0.0832. The molecule has 1 atom stereocenters. The van der Waals surface area contributed by atoms with E-state index < -0.39 is 10.0 Å². The predicted molar refractivity (Wildman–Crippen MR) is 118 cm³/mol. The Morgan fingerprint density at radius 2 is 1.79 bits per heavy atom.